The van der Waals surface area contributed by atoms with Gasteiger partial charge in [-0.05, 0) is 42.0 Å². The number of benzene rings is 2. The number of carboxylic acid groups (broad SMARTS) is 1. The monoisotopic (exact) mass is 711 g/mol. The third-order valence-electron chi connectivity index (χ3n) is 7.69. The summed E-state index contributed by atoms with van der Waals surface area (Å²) in [5, 5.41) is 20.2. The van der Waals surface area contributed by atoms with Crippen LogP contribution >= 0.6 is 11.3 Å². The Morgan fingerprint density at radius 2 is 1.94 bits per heavy atom. The van der Waals surface area contributed by atoms with Gasteiger partial charge in [0, 0.05) is 37.1 Å². The summed E-state index contributed by atoms with van der Waals surface area (Å²) in [6.07, 6.45) is -1.59. The quantitative estimate of drug-likeness (QED) is 0.165. The maximum absolute atomic E-state index is 13.6. The van der Waals surface area contributed by atoms with E-state index in [0.29, 0.717) is 51.6 Å². The van der Waals surface area contributed by atoms with Crippen LogP contribution < -0.4 is 10.6 Å². The molecule has 3 aromatic heterocycles. The number of hydrogen-bond donors (Lipinski definition) is 3. The summed E-state index contributed by atoms with van der Waals surface area (Å²) in [5.74, 6) is 4.22. The molecule has 5 aromatic rings. The van der Waals surface area contributed by atoms with E-state index in [1.807, 2.05) is 35.0 Å². The van der Waals surface area contributed by atoms with Gasteiger partial charge in [0.2, 0.25) is 0 Å². The van der Waals surface area contributed by atoms with Crippen molar-refractivity contribution in [2.75, 3.05) is 38.2 Å². The zero-order valence-electron chi connectivity index (χ0n) is 26.1. The van der Waals surface area contributed by atoms with Crippen LogP contribution in [0.3, 0.4) is 0 Å². The van der Waals surface area contributed by atoms with E-state index in [0.717, 1.165) is 37.2 Å². The Bertz CT molecular complexity index is 2070. The molecule has 0 aliphatic carbocycles. The molecule has 2 aromatic carbocycles. The average Bonchev–Trinajstić information content (AvgIpc) is 3.83. The largest absolute Gasteiger partial charge is 0.490 e. The van der Waals surface area contributed by atoms with E-state index in [9.17, 15) is 22.4 Å². The highest BCUT2D eigenvalue weighted by Crippen LogP contribution is 2.31. The molecule has 17 heteroatoms. The molecule has 1 amide bonds. The molecule has 2 aliphatic rings. The normalized spacial score (nSPS) is 17.5. The molecule has 12 nitrogen and oxygen atoms in total. The van der Waals surface area contributed by atoms with Gasteiger partial charge >= 0.3 is 18.2 Å². The molecule has 260 valence electrons. The van der Waals surface area contributed by atoms with Gasteiger partial charge in [-0.15, -0.1) is 11.3 Å². The van der Waals surface area contributed by atoms with E-state index in [-0.39, 0.29) is 24.1 Å². The molecular weight excluding hydrogens is 682 g/mol. The number of halogens is 4. The minimum Gasteiger partial charge on any atom is -0.475 e. The van der Waals surface area contributed by atoms with Gasteiger partial charge in [0.15, 0.2) is 0 Å². The number of fused-ring (bicyclic) bond motifs is 2. The Morgan fingerprint density at radius 3 is 2.70 bits per heavy atom. The van der Waals surface area contributed by atoms with Gasteiger partial charge in [-0.1, -0.05) is 24.0 Å². The number of morpholine rings is 1. The fraction of sp³-hybridized carbons (Fsp3) is 0.303. The second-order valence-corrected chi connectivity index (χ2v) is 12.3. The van der Waals surface area contributed by atoms with Crippen LogP contribution in [0.25, 0.3) is 21.1 Å². The van der Waals surface area contributed by atoms with Crippen LogP contribution in [0.15, 0.2) is 61.1 Å². The molecule has 0 radical (unpaired) electrons. The molecule has 0 saturated carbocycles. The molecule has 50 heavy (non-hydrogen) atoms. The summed E-state index contributed by atoms with van der Waals surface area (Å²) in [4.78, 5) is 33.6. The van der Waals surface area contributed by atoms with E-state index < -0.39 is 12.1 Å². The lowest BCUT2D eigenvalue weighted by Gasteiger charge is -2.27. The van der Waals surface area contributed by atoms with Crippen molar-refractivity contribution < 1.29 is 41.7 Å². The first-order valence-corrected chi connectivity index (χ1v) is 16.1. The van der Waals surface area contributed by atoms with Gasteiger partial charge in [0.1, 0.15) is 28.9 Å². The molecule has 0 unspecified atom stereocenters. The van der Waals surface area contributed by atoms with Crippen molar-refractivity contribution in [1.29, 1.82) is 0 Å². The number of nitrogens with one attached hydrogen (secondary N) is 2. The molecule has 0 bridgehead atoms. The molecule has 7 rings (SSSR count). The molecule has 5 heterocycles. The number of carboxylic acids is 1. The number of hydrogen-bond acceptors (Lipinski definition) is 10. The Morgan fingerprint density at radius 1 is 1.14 bits per heavy atom. The Kier molecular flexibility index (Phi) is 10.4. The number of aliphatic carboxylic acids is 1. The first-order chi connectivity index (χ1) is 24.0. The summed E-state index contributed by atoms with van der Waals surface area (Å²) in [6, 6.07) is 14.5. The van der Waals surface area contributed by atoms with Gasteiger partial charge in [-0.3, -0.25) is 10.00 Å². The highest BCUT2D eigenvalue weighted by Gasteiger charge is 2.38. The third kappa shape index (κ3) is 8.64. The zero-order valence-corrected chi connectivity index (χ0v) is 26.9. The van der Waals surface area contributed by atoms with Crippen molar-refractivity contribution in [1.82, 2.24) is 30.0 Å². The Balaban J connectivity index is 0.000000561. The van der Waals surface area contributed by atoms with Crippen LogP contribution in [0.5, 0.6) is 0 Å². The van der Waals surface area contributed by atoms with Crippen LogP contribution in [0.4, 0.5) is 33.9 Å². The van der Waals surface area contributed by atoms with Gasteiger partial charge < -0.3 is 24.8 Å². The topological polar surface area (TPSA) is 144 Å². The number of rotatable bonds is 5. The van der Waals surface area contributed by atoms with E-state index in [1.54, 1.807) is 23.5 Å². The van der Waals surface area contributed by atoms with Crippen LogP contribution in [0.2, 0.25) is 0 Å². The number of alkyl halides is 3. The highest BCUT2D eigenvalue weighted by atomic mass is 32.1. The smallest absolute Gasteiger partial charge is 0.475 e. The zero-order chi connectivity index (χ0) is 35.3. The van der Waals surface area contributed by atoms with Crippen molar-refractivity contribution in [3.8, 4) is 11.8 Å². The number of anilines is 2. The van der Waals surface area contributed by atoms with Crippen molar-refractivity contribution in [2.24, 2.45) is 0 Å². The maximum atomic E-state index is 13.6. The predicted molar refractivity (Wildman–Crippen MR) is 176 cm³/mol. The number of ether oxygens (including phenoxy) is 2. The standard InChI is InChI=1S/C31H28FN7O3S.C2HF3O2/c32-22-3-1-2-20(12-22)18-39-28-7-5-24(13-21(28)16-36-39)37-29-27-15-26(43-30(27)35-19-34-29)6-4-23-14-25(17-33-23)42-31(40)38-8-10-41-11-9-38;3-2(4,5)1(6)7/h1-3,5,7,12-13,15-16,19,23,25,33H,8-11,14,17-18H2,(H,34,35,37);(H,6,7)/t23-,25-;/m1./s1. The van der Waals surface area contributed by atoms with Crippen molar-refractivity contribution in [2.45, 2.75) is 31.3 Å². The van der Waals surface area contributed by atoms with Crippen molar-refractivity contribution in [3.63, 3.8) is 0 Å². The average molecular weight is 712 g/mol. The molecule has 2 fully saturated rings. The van der Waals surface area contributed by atoms with Crippen LogP contribution in [-0.4, -0.2) is 93.0 Å². The van der Waals surface area contributed by atoms with Gasteiger partial charge in [0.25, 0.3) is 0 Å². The molecule has 2 saturated heterocycles. The minimum absolute atomic E-state index is 0.0649. The Labute approximate surface area is 286 Å². The first-order valence-electron chi connectivity index (χ1n) is 15.3. The number of nitrogens with zero attached hydrogens (tertiary/aromatic N) is 5. The molecule has 3 N–H and O–H groups in total. The molecule has 0 spiro atoms. The maximum Gasteiger partial charge on any atom is 0.490 e. The predicted octanol–water partition coefficient (Wildman–Crippen LogP) is 5.16. The van der Waals surface area contributed by atoms with E-state index in [2.05, 4.69) is 37.5 Å². The fourth-order valence-electron chi connectivity index (χ4n) is 5.28. The number of carbonyl (C=O) groups is 2. The van der Waals surface area contributed by atoms with E-state index >= 15 is 0 Å². The first kappa shape index (κ1) is 34.5. The number of aromatic nitrogens is 4. The lowest BCUT2D eigenvalue weighted by molar-refractivity contribution is -0.192. The summed E-state index contributed by atoms with van der Waals surface area (Å²) >= 11 is 1.51. The molecular formula is C33H29F4N7O5S. The summed E-state index contributed by atoms with van der Waals surface area (Å²) in [7, 11) is 0. The minimum atomic E-state index is -5.08. The second-order valence-electron chi connectivity index (χ2n) is 11.3. The van der Waals surface area contributed by atoms with E-state index in [4.69, 9.17) is 19.4 Å². The van der Waals surface area contributed by atoms with Gasteiger partial charge in [-0.25, -0.2) is 23.9 Å². The molecule has 2 aliphatic heterocycles. The third-order valence-corrected chi connectivity index (χ3v) is 8.65. The summed E-state index contributed by atoms with van der Waals surface area (Å²) in [5.41, 5.74) is 2.67. The summed E-state index contributed by atoms with van der Waals surface area (Å²) < 4.78 is 58.2. The lowest BCUT2D eigenvalue weighted by atomic mass is 10.2. The number of thiophene rings is 1. The second kappa shape index (κ2) is 15.1. The SMILES string of the molecule is O=C(O)C(F)(F)F.O=C(O[C@H]1CN[C@H](C#Cc2cc3c(Nc4ccc5c(cnn5Cc5cccc(F)c5)c4)ncnc3s2)C1)N1CCOCC1. The number of carbonyl (C=O) groups excluding carboxylic acids is 1. The Hall–Kier alpha value is -5.31. The van der Waals surface area contributed by atoms with Gasteiger partial charge in [0.05, 0.1) is 47.8 Å². The van der Waals surface area contributed by atoms with Crippen LogP contribution in [0, 0.1) is 17.7 Å². The molecule has 2 atom stereocenters. The van der Waals surface area contributed by atoms with Crippen LogP contribution in [0.1, 0.15) is 16.9 Å². The lowest BCUT2D eigenvalue weighted by Crippen LogP contribution is -2.42. The van der Waals surface area contributed by atoms with Crippen molar-refractivity contribution >= 4 is 56.0 Å². The van der Waals surface area contributed by atoms with Crippen molar-refractivity contribution in [3.05, 3.63) is 77.3 Å². The fourth-order valence-corrected chi connectivity index (χ4v) is 6.14. The van der Waals surface area contributed by atoms with E-state index in [1.165, 1.54) is 23.5 Å². The van der Waals surface area contributed by atoms with Crippen LogP contribution in [-0.2, 0) is 20.8 Å². The number of amides is 1. The highest BCUT2D eigenvalue weighted by molar-refractivity contribution is 7.19. The summed E-state index contributed by atoms with van der Waals surface area (Å²) in [6.45, 7) is 3.27. The van der Waals surface area contributed by atoms with Gasteiger partial charge in [-0.2, -0.15) is 18.3 Å².